The number of benzene rings is 1. The molecule has 1 aromatic heterocycles. The highest BCUT2D eigenvalue weighted by atomic mass is 32.2. The van der Waals surface area contributed by atoms with E-state index in [2.05, 4.69) is 9.69 Å². The van der Waals surface area contributed by atoms with Crippen molar-refractivity contribution < 1.29 is 14.7 Å². The standard InChI is InChI=1S/C23H17N5O4S4/c1-5-26-14-9-12(24-3)13(25-4)10-16(14)34-17(26)8-7-15-20(31)27(6-2)22(35-15)19-21(32)28(11-18(29)30)23(33)36-19/h7-10H,5-6,11H2,1-2H3,(H,29,30)/b15-7+,17-8-,22-19-. The number of aromatic nitrogens is 1. The molecule has 1 N–H and O–H groups in total. The molecule has 0 aliphatic carbocycles. The first kappa shape index (κ1) is 25.7. The lowest BCUT2D eigenvalue weighted by atomic mass is 10.2. The zero-order valence-electron chi connectivity index (χ0n) is 19.0. The van der Waals surface area contributed by atoms with E-state index < -0.39 is 18.4 Å². The molecular weight excluding hydrogens is 539 g/mol. The number of carbonyl (C=O) groups is 2. The summed E-state index contributed by atoms with van der Waals surface area (Å²) in [7, 11) is 0. The van der Waals surface area contributed by atoms with Crippen molar-refractivity contribution in [1.29, 1.82) is 0 Å². The van der Waals surface area contributed by atoms with Crippen LogP contribution in [0.15, 0.2) is 32.9 Å². The zero-order valence-corrected chi connectivity index (χ0v) is 22.2. The molecule has 36 heavy (non-hydrogen) atoms. The molecule has 2 aliphatic heterocycles. The smallest absolute Gasteiger partial charge is 0.323 e. The highest BCUT2D eigenvalue weighted by Gasteiger charge is 2.35. The second kappa shape index (κ2) is 10.3. The number of thioether (sulfide) groups is 2. The highest BCUT2D eigenvalue weighted by molar-refractivity contribution is 8.30. The van der Waals surface area contributed by atoms with Crippen LogP contribution in [0.5, 0.6) is 0 Å². The first-order valence-electron chi connectivity index (χ1n) is 10.5. The number of aliphatic carboxylic acids is 1. The average molecular weight is 556 g/mol. The first-order chi connectivity index (χ1) is 17.2. The van der Waals surface area contributed by atoms with E-state index in [1.807, 2.05) is 17.9 Å². The molecule has 2 aliphatic rings. The van der Waals surface area contributed by atoms with Crippen LogP contribution in [0.3, 0.4) is 0 Å². The number of thiocarbonyl (C=S) groups is 1. The summed E-state index contributed by atoms with van der Waals surface area (Å²) in [6.45, 7) is 18.9. The second-order valence-electron chi connectivity index (χ2n) is 7.35. The van der Waals surface area contributed by atoms with E-state index in [-0.39, 0.29) is 14.8 Å². The molecule has 4 rings (SSSR count). The Balaban J connectivity index is 1.79. The van der Waals surface area contributed by atoms with Crippen molar-refractivity contribution in [1.82, 2.24) is 9.47 Å². The topological polar surface area (TPSA) is 91.6 Å². The third-order valence-electron chi connectivity index (χ3n) is 5.32. The molecule has 1 amide bonds. The van der Waals surface area contributed by atoms with E-state index >= 15 is 0 Å². The molecule has 3 heterocycles. The molecule has 1 saturated heterocycles. The molecular formula is C23H17N5O4S4. The summed E-state index contributed by atoms with van der Waals surface area (Å²) < 4.78 is 2.49. The third-order valence-corrected chi connectivity index (χ3v) is 9.15. The number of thiazole rings is 1. The van der Waals surface area contributed by atoms with Crippen LogP contribution in [-0.2, 0) is 16.1 Å². The van der Waals surface area contributed by atoms with Gasteiger partial charge in [-0.2, -0.15) is 0 Å². The van der Waals surface area contributed by atoms with Gasteiger partial charge in [-0.15, -0.1) is 11.3 Å². The molecule has 0 radical (unpaired) electrons. The van der Waals surface area contributed by atoms with Crippen LogP contribution in [0, 0.1) is 13.1 Å². The van der Waals surface area contributed by atoms with Crippen molar-refractivity contribution in [3.05, 3.63) is 65.6 Å². The number of allylic oxidation sites excluding steroid dienone is 1. The van der Waals surface area contributed by atoms with Crippen molar-refractivity contribution in [3.63, 3.8) is 0 Å². The Labute approximate surface area is 223 Å². The monoisotopic (exact) mass is 555 g/mol. The second-order valence-corrected chi connectivity index (χ2v) is 11.1. The number of rotatable bonds is 5. The molecule has 0 unspecified atom stereocenters. The van der Waals surface area contributed by atoms with Gasteiger partial charge in [0.25, 0.3) is 11.5 Å². The van der Waals surface area contributed by atoms with Gasteiger partial charge in [-0.25, -0.2) is 0 Å². The Hall–Kier alpha value is -3.36. The zero-order chi connectivity index (χ0) is 26.1. The average Bonchev–Trinajstić information content (AvgIpc) is 3.46. The Morgan fingerprint density at radius 3 is 2.39 bits per heavy atom. The molecule has 0 saturated carbocycles. The lowest BCUT2D eigenvalue weighted by Gasteiger charge is -2.18. The quantitative estimate of drug-likeness (QED) is 0.444. The van der Waals surface area contributed by atoms with Gasteiger partial charge < -0.3 is 10.0 Å². The molecule has 9 nitrogen and oxygen atoms in total. The van der Waals surface area contributed by atoms with Gasteiger partial charge in [0.05, 0.1) is 22.7 Å². The van der Waals surface area contributed by atoms with Crippen molar-refractivity contribution in [2.75, 3.05) is 18.0 Å². The molecule has 1 fully saturated rings. The maximum Gasteiger partial charge on any atom is 0.323 e. The van der Waals surface area contributed by atoms with Crippen LogP contribution in [0.2, 0.25) is 0 Å². The van der Waals surface area contributed by atoms with Gasteiger partial charge in [-0.3, -0.25) is 33.5 Å². The van der Waals surface area contributed by atoms with Crippen LogP contribution in [-0.4, -0.2) is 43.9 Å². The minimum atomic E-state index is -1.17. The minimum Gasteiger partial charge on any atom is -0.480 e. The summed E-state index contributed by atoms with van der Waals surface area (Å²) in [4.78, 5) is 48.1. The van der Waals surface area contributed by atoms with Crippen molar-refractivity contribution in [2.24, 2.45) is 0 Å². The first-order valence-corrected chi connectivity index (χ1v) is 13.4. The fourth-order valence-corrected chi connectivity index (χ4v) is 7.35. The SMILES string of the molecule is [C-]#[N+]c1cc2c(cc1[N+]#[C-])N(CC)/C(=C/C=c1/s/c(=C3\SC(=S)N(CC(=O)O)C3=O)n(CC)c1=O)S2. The highest BCUT2D eigenvalue weighted by Crippen LogP contribution is 2.50. The number of anilines is 1. The number of carboxylic acids is 1. The van der Waals surface area contributed by atoms with Gasteiger partial charge in [0.2, 0.25) is 0 Å². The Bertz CT molecular complexity index is 1620. The predicted molar refractivity (Wildman–Crippen MR) is 147 cm³/mol. The third kappa shape index (κ3) is 4.47. The Morgan fingerprint density at radius 2 is 1.78 bits per heavy atom. The normalized spacial score (nSPS) is 18.1. The number of hydrogen-bond donors (Lipinski definition) is 1. The van der Waals surface area contributed by atoms with Crippen molar-refractivity contribution >= 4 is 91.3 Å². The van der Waals surface area contributed by atoms with Crippen molar-refractivity contribution in [3.8, 4) is 0 Å². The fraction of sp³-hybridized carbons (Fsp3) is 0.217. The van der Waals surface area contributed by atoms with E-state index in [1.54, 1.807) is 25.1 Å². The van der Waals surface area contributed by atoms with Gasteiger partial charge in [0.1, 0.15) is 20.4 Å². The van der Waals surface area contributed by atoms with Crippen LogP contribution in [0.1, 0.15) is 13.8 Å². The van der Waals surface area contributed by atoms with Gasteiger partial charge in [0.15, 0.2) is 11.4 Å². The number of amides is 1. The molecule has 13 heteroatoms. The summed E-state index contributed by atoms with van der Waals surface area (Å²) in [5, 5.41) is 9.93. The van der Waals surface area contributed by atoms with E-state index in [1.165, 1.54) is 16.3 Å². The van der Waals surface area contributed by atoms with Crippen LogP contribution < -0.4 is 19.7 Å². The molecule has 0 atom stereocenters. The summed E-state index contributed by atoms with van der Waals surface area (Å²) in [6.07, 6.45) is 3.51. The number of nitrogens with zero attached hydrogens (tertiary/aromatic N) is 5. The number of carboxylic acid groups (broad SMARTS) is 1. The van der Waals surface area contributed by atoms with Gasteiger partial charge in [0, 0.05) is 23.7 Å². The molecule has 182 valence electrons. The fourth-order valence-electron chi connectivity index (χ4n) is 3.69. The van der Waals surface area contributed by atoms with Crippen LogP contribution in [0.4, 0.5) is 17.1 Å². The summed E-state index contributed by atoms with van der Waals surface area (Å²) in [5.41, 5.74) is 1.19. The largest absolute Gasteiger partial charge is 0.480 e. The maximum atomic E-state index is 13.1. The van der Waals surface area contributed by atoms with Crippen molar-refractivity contribution in [2.45, 2.75) is 25.3 Å². The number of carbonyl (C=O) groups excluding carboxylic acids is 1. The number of hydrogen-bond acceptors (Lipinski definition) is 8. The van der Waals surface area contributed by atoms with E-state index in [0.29, 0.717) is 33.7 Å². The molecule has 0 bridgehead atoms. The minimum absolute atomic E-state index is 0.143. The lowest BCUT2D eigenvalue weighted by molar-refractivity contribution is -0.140. The van der Waals surface area contributed by atoms with Gasteiger partial charge in [-0.05, 0) is 32.1 Å². The van der Waals surface area contributed by atoms with E-state index in [9.17, 15) is 14.4 Å². The lowest BCUT2D eigenvalue weighted by Crippen LogP contribution is -2.35. The summed E-state index contributed by atoms with van der Waals surface area (Å²) >= 11 is 8.79. The molecule has 2 aromatic rings. The van der Waals surface area contributed by atoms with E-state index in [0.717, 1.165) is 43.6 Å². The van der Waals surface area contributed by atoms with Gasteiger partial charge in [-0.1, -0.05) is 41.8 Å². The maximum absolute atomic E-state index is 13.1. The van der Waals surface area contributed by atoms with Crippen LogP contribution in [0.25, 0.3) is 20.7 Å². The Morgan fingerprint density at radius 1 is 1.08 bits per heavy atom. The summed E-state index contributed by atoms with van der Waals surface area (Å²) in [6, 6.07) is 3.42. The molecule has 1 aromatic carbocycles. The molecule has 0 spiro atoms. The van der Waals surface area contributed by atoms with E-state index in [4.69, 9.17) is 30.5 Å². The predicted octanol–water partition coefficient (Wildman–Crippen LogP) is 3.34. The summed E-state index contributed by atoms with van der Waals surface area (Å²) in [5.74, 6) is -1.69. The number of fused-ring (bicyclic) bond motifs is 1. The Kier molecular flexibility index (Phi) is 7.38. The van der Waals surface area contributed by atoms with Crippen LogP contribution >= 0.6 is 47.1 Å². The van der Waals surface area contributed by atoms with Gasteiger partial charge >= 0.3 is 5.97 Å².